The van der Waals surface area contributed by atoms with Crippen molar-refractivity contribution >= 4 is 0 Å². The van der Waals surface area contributed by atoms with E-state index in [4.69, 9.17) is 4.74 Å². The van der Waals surface area contributed by atoms with Gasteiger partial charge < -0.3 is 15.0 Å². The highest BCUT2D eigenvalue weighted by molar-refractivity contribution is 4.66. The molecule has 0 aromatic rings. The molecule has 1 heterocycles. The predicted octanol–water partition coefficient (Wildman–Crippen LogP) is 1.49. The first kappa shape index (κ1) is 12.9. The second-order valence-corrected chi connectivity index (χ2v) is 4.45. The maximum absolute atomic E-state index is 5.44. The molecule has 0 spiro atoms. The molecule has 1 aliphatic rings. The summed E-state index contributed by atoms with van der Waals surface area (Å²) in [6.45, 7) is 11.0. The zero-order valence-electron chi connectivity index (χ0n) is 10.3. The molecule has 1 atom stereocenters. The zero-order chi connectivity index (χ0) is 10.9. The van der Waals surface area contributed by atoms with Crippen molar-refractivity contribution in [3.63, 3.8) is 0 Å². The fraction of sp³-hybridized carbons (Fsp3) is 1.00. The van der Waals surface area contributed by atoms with Crippen LogP contribution in [0, 0.1) is 0 Å². The van der Waals surface area contributed by atoms with E-state index < -0.39 is 0 Å². The van der Waals surface area contributed by atoms with Crippen LogP contribution in [0.15, 0.2) is 0 Å². The van der Waals surface area contributed by atoms with Crippen LogP contribution < -0.4 is 5.32 Å². The van der Waals surface area contributed by atoms with Gasteiger partial charge in [0.25, 0.3) is 0 Å². The molecule has 0 amide bonds. The Morgan fingerprint density at radius 2 is 2.20 bits per heavy atom. The summed E-state index contributed by atoms with van der Waals surface area (Å²) in [5.41, 5.74) is 0. The molecule has 0 aliphatic carbocycles. The first-order valence-corrected chi connectivity index (χ1v) is 6.36. The molecule has 3 heteroatoms. The van der Waals surface area contributed by atoms with Crippen LogP contribution in [0.5, 0.6) is 0 Å². The lowest BCUT2D eigenvalue weighted by atomic mass is 10.2. The Bertz CT molecular complexity index is 145. The van der Waals surface area contributed by atoms with E-state index in [2.05, 4.69) is 24.1 Å². The van der Waals surface area contributed by atoms with Gasteiger partial charge in [-0.2, -0.15) is 0 Å². The molecular weight excluding hydrogens is 188 g/mol. The average Bonchev–Trinajstić information content (AvgIpc) is 2.51. The predicted molar refractivity (Wildman–Crippen MR) is 64.2 cm³/mol. The van der Waals surface area contributed by atoms with Crippen molar-refractivity contribution in [2.24, 2.45) is 0 Å². The summed E-state index contributed by atoms with van der Waals surface area (Å²) in [7, 11) is 0. The van der Waals surface area contributed by atoms with E-state index in [1.165, 1.54) is 32.4 Å². The number of nitrogens with zero attached hydrogens (tertiary/aromatic N) is 1. The Morgan fingerprint density at radius 1 is 1.33 bits per heavy atom. The Labute approximate surface area is 94.2 Å². The van der Waals surface area contributed by atoms with Crippen molar-refractivity contribution in [2.75, 3.05) is 39.4 Å². The van der Waals surface area contributed by atoms with E-state index in [1.54, 1.807) is 0 Å². The normalized spacial score (nSPS) is 21.2. The summed E-state index contributed by atoms with van der Waals surface area (Å²) in [4.78, 5) is 2.52. The summed E-state index contributed by atoms with van der Waals surface area (Å²) in [6, 6.07) is 0.647. The van der Waals surface area contributed by atoms with Crippen molar-refractivity contribution in [1.82, 2.24) is 10.2 Å². The number of nitrogens with one attached hydrogen (secondary N) is 1. The van der Waals surface area contributed by atoms with E-state index in [0.29, 0.717) is 6.04 Å². The number of hydrogen-bond acceptors (Lipinski definition) is 3. The van der Waals surface area contributed by atoms with Crippen LogP contribution in [0.25, 0.3) is 0 Å². The number of hydrogen-bond donors (Lipinski definition) is 1. The lowest BCUT2D eigenvalue weighted by molar-refractivity contribution is 0.140. The molecule has 1 N–H and O–H groups in total. The third-order valence-corrected chi connectivity index (χ3v) is 2.94. The van der Waals surface area contributed by atoms with Gasteiger partial charge in [0.05, 0.1) is 6.61 Å². The molecule has 0 aromatic carbocycles. The third-order valence-electron chi connectivity index (χ3n) is 2.94. The van der Waals surface area contributed by atoms with Crippen LogP contribution in [-0.4, -0.2) is 50.3 Å². The lowest BCUT2D eigenvalue weighted by Crippen LogP contribution is -2.34. The molecule has 1 aliphatic heterocycles. The summed E-state index contributed by atoms with van der Waals surface area (Å²) in [6.07, 6.45) is 3.67. The van der Waals surface area contributed by atoms with E-state index in [9.17, 15) is 0 Å². The molecule has 0 bridgehead atoms. The van der Waals surface area contributed by atoms with Crippen molar-refractivity contribution in [3.05, 3.63) is 0 Å². The highest BCUT2D eigenvalue weighted by Crippen LogP contribution is 2.01. The minimum absolute atomic E-state index is 0.647. The molecule has 1 unspecified atom stereocenters. The first-order chi connectivity index (χ1) is 7.33. The minimum Gasteiger partial charge on any atom is -0.380 e. The van der Waals surface area contributed by atoms with Gasteiger partial charge in [-0.15, -0.1) is 0 Å². The molecule has 3 nitrogen and oxygen atoms in total. The minimum atomic E-state index is 0.647. The fourth-order valence-corrected chi connectivity index (χ4v) is 1.89. The van der Waals surface area contributed by atoms with Gasteiger partial charge in [-0.05, 0) is 39.3 Å². The molecule has 1 fully saturated rings. The van der Waals surface area contributed by atoms with Gasteiger partial charge >= 0.3 is 0 Å². The summed E-state index contributed by atoms with van der Waals surface area (Å²) in [5.74, 6) is 0. The Hall–Kier alpha value is -0.120. The molecular formula is C12H26N2O. The topological polar surface area (TPSA) is 24.5 Å². The summed E-state index contributed by atoms with van der Waals surface area (Å²) < 4.78 is 5.44. The SMILES string of the molecule is CCCNC(C)CCN1CCCOCC1. The van der Waals surface area contributed by atoms with E-state index in [-0.39, 0.29) is 0 Å². The van der Waals surface area contributed by atoms with Crippen molar-refractivity contribution in [3.8, 4) is 0 Å². The van der Waals surface area contributed by atoms with Crippen LogP contribution in [0.1, 0.15) is 33.1 Å². The third kappa shape index (κ3) is 6.13. The largest absolute Gasteiger partial charge is 0.380 e. The van der Waals surface area contributed by atoms with Crippen molar-refractivity contribution in [2.45, 2.75) is 39.2 Å². The van der Waals surface area contributed by atoms with Crippen LogP contribution in [0.4, 0.5) is 0 Å². The first-order valence-electron chi connectivity index (χ1n) is 6.36. The molecule has 1 rings (SSSR count). The second kappa shape index (κ2) is 8.08. The summed E-state index contributed by atoms with van der Waals surface area (Å²) >= 11 is 0. The Balaban J connectivity index is 2.06. The quantitative estimate of drug-likeness (QED) is 0.725. The van der Waals surface area contributed by atoms with Crippen molar-refractivity contribution in [1.29, 1.82) is 0 Å². The van der Waals surface area contributed by atoms with Crippen LogP contribution >= 0.6 is 0 Å². The Kier molecular flexibility index (Phi) is 6.98. The van der Waals surface area contributed by atoms with Crippen LogP contribution in [0.3, 0.4) is 0 Å². The van der Waals surface area contributed by atoms with E-state index in [1.807, 2.05) is 0 Å². The second-order valence-electron chi connectivity index (χ2n) is 4.45. The van der Waals surface area contributed by atoms with Gasteiger partial charge in [0.1, 0.15) is 0 Å². The van der Waals surface area contributed by atoms with E-state index >= 15 is 0 Å². The Morgan fingerprint density at radius 3 is 3.00 bits per heavy atom. The molecule has 0 radical (unpaired) electrons. The van der Waals surface area contributed by atoms with Crippen LogP contribution in [-0.2, 0) is 4.74 Å². The van der Waals surface area contributed by atoms with E-state index in [0.717, 1.165) is 26.3 Å². The molecule has 15 heavy (non-hydrogen) atoms. The molecule has 0 aromatic heterocycles. The van der Waals surface area contributed by atoms with Gasteiger partial charge in [0.2, 0.25) is 0 Å². The van der Waals surface area contributed by atoms with Gasteiger partial charge in [0.15, 0.2) is 0 Å². The number of ether oxygens (including phenoxy) is 1. The zero-order valence-corrected chi connectivity index (χ0v) is 10.3. The van der Waals surface area contributed by atoms with Gasteiger partial charge in [-0.1, -0.05) is 6.92 Å². The van der Waals surface area contributed by atoms with Gasteiger partial charge in [-0.3, -0.25) is 0 Å². The number of rotatable bonds is 6. The fourth-order valence-electron chi connectivity index (χ4n) is 1.89. The monoisotopic (exact) mass is 214 g/mol. The highest BCUT2D eigenvalue weighted by Gasteiger charge is 2.10. The highest BCUT2D eigenvalue weighted by atomic mass is 16.5. The maximum atomic E-state index is 5.44. The van der Waals surface area contributed by atoms with Gasteiger partial charge in [-0.25, -0.2) is 0 Å². The molecule has 1 saturated heterocycles. The molecule has 90 valence electrons. The standard InChI is InChI=1S/C12H26N2O/c1-3-6-13-12(2)5-8-14-7-4-10-15-11-9-14/h12-13H,3-11H2,1-2H3. The average molecular weight is 214 g/mol. The smallest absolute Gasteiger partial charge is 0.0593 e. The van der Waals surface area contributed by atoms with Crippen LogP contribution in [0.2, 0.25) is 0 Å². The lowest BCUT2D eigenvalue weighted by Gasteiger charge is -2.21. The van der Waals surface area contributed by atoms with Gasteiger partial charge in [0, 0.05) is 25.7 Å². The van der Waals surface area contributed by atoms with Crippen molar-refractivity contribution < 1.29 is 4.74 Å². The molecule has 0 saturated carbocycles. The summed E-state index contributed by atoms with van der Waals surface area (Å²) in [5, 5.41) is 3.53. The maximum Gasteiger partial charge on any atom is 0.0593 e.